The molecule has 0 aliphatic heterocycles. The molecule has 0 heterocycles. The fourth-order valence-corrected chi connectivity index (χ4v) is 3.60. The predicted molar refractivity (Wildman–Crippen MR) is 90.1 cm³/mol. The van der Waals surface area contributed by atoms with E-state index in [2.05, 4.69) is 32.7 Å². The largest absolute Gasteiger partial charge is 0.478 e. The molecule has 0 bridgehead atoms. The molecule has 0 unspecified atom stereocenters. The molecular formula is C19H29NO2. The number of rotatable bonds is 4. The first kappa shape index (κ1) is 17.0. The van der Waals surface area contributed by atoms with Crippen molar-refractivity contribution in [3.63, 3.8) is 0 Å². The van der Waals surface area contributed by atoms with Gasteiger partial charge in [0.1, 0.15) is 0 Å². The summed E-state index contributed by atoms with van der Waals surface area (Å²) in [5.74, 6) is -0.0253. The maximum absolute atomic E-state index is 11.1. The van der Waals surface area contributed by atoms with Gasteiger partial charge in [0.2, 0.25) is 0 Å². The summed E-state index contributed by atoms with van der Waals surface area (Å²) < 4.78 is 0. The van der Waals surface area contributed by atoms with E-state index in [4.69, 9.17) is 5.11 Å². The number of carbonyl (C=O) groups is 1. The molecule has 1 aliphatic carbocycles. The van der Waals surface area contributed by atoms with Gasteiger partial charge in [0, 0.05) is 12.6 Å². The number of hydrogen-bond acceptors (Lipinski definition) is 2. The standard InChI is InChI=1S/C19H29NO2/c1-19(2,3)16-8-10-17(11-9-16)20(4)13-14-6-5-7-15(12-14)18(21)22/h5-7,12,16-17H,8-11,13H2,1-4H3,(H,21,22). The Bertz CT molecular complexity index is 510. The minimum Gasteiger partial charge on any atom is -0.478 e. The molecule has 0 aromatic heterocycles. The molecule has 0 spiro atoms. The van der Waals surface area contributed by atoms with Gasteiger partial charge < -0.3 is 5.11 Å². The second kappa shape index (κ2) is 6.82. The lowest BCUT2D eigenvalue weighted by Gasteiger charge is -2.40. The van der Waals surface area contributed by atoms with E-state index in [1.807, 2.05) is 12.1 Å². The van der Waals surface area contributed by atoms with Crippen LogP contribution in [0.2, 0.25) is 0 Å². The number of benzene rings is 1. The van der Waals surface area contributed by atoms with Crippen molar-refractivity contribution in [2.45, 2.75) is 59.0 Å². The highest BCUT2D eigenvalue weighted by atomic mass is 16.4. The molecule has 3 nitrogen and oxygen atoms in total. The molecule has 122 valence electrons. The van der Waals surface area contributed by atoms with Crippen molar-refractivity contribution in [2.24, 2.45) is 11.3 Å². The van der Waals surface area contributed by atoms with Crippen molar-refractivity contribution in [1.82, 2.24) is 4.90 Å². The Kier molecular flexibility index (Phi) is 5.28. The smallest absolute Gasteiger partial charge is 0.335 e. The Morgan fingerprint density at radius 1 is 1.23 bits per heavy atom. The third-order valence-electron chi connectivity index (χ3n) is 5.15. The zero-order valence-electron chi connectivity index (χ0n) is 14.3. The third kappa shape index (κ3) is 4.33. The molecule has 1 fully saturated rings. The van der Waals surface area contributed by atoms with Gasteiger partial charge in [-0.15, -0.1) is 0 Å². The summed E-state index contributed by atoms with van der Waals surface area (Å²) in [7, 11) is 2.16. The molecule has 0 amide bonds. The Balaban J connectivity index is 1.92. The molecular weight excluding hydrogens is 274 g/mol. The molecule has 1 aliphatic rings. The van der Waals surface area contributed by atoms with Gasteiger partial charge in [-0.1, -0.05) is 32.9 Å². The fourth-order valence-electron chi connectivity index (χ4n) is 3.60. The molecule has 1 aromatic rings. The summed E-state index contributed by atoms with van der Waals surface area (Å²) >= 11 is 0. The van der Waals surface area contributed by atoms with Gasteiger partial charge in [0.25, 0.3) is 0 Å². The summed E-state index contributed by atoms with van der Waals surface area (Å²) in [6.07, 6.45) is 5.09. The lowest BCUT2D eigenvalue weighted by Crippen LogP contribution is -2.37. The van der Waals surface area contributed by atoms with Crippen molar-refractivity contribution >= 4 is 5.97 Å². The Morgan fingerprint density at radius 3 is 2.41 bits per heavy atom. The third-order valence-corrected chi connectivity index (χ3v) is 5.15. The van der Waals surface area contributed by atoms with E-state index in [1.165, 1.54) is 25.7 Å². The van der Waals surface area contributed by atoms with E-state index in [9.17, 15) is 4.79 Å². The van der Waals surface area contributed by atoms with Crippen molar-refractivity contribution in [2.75, 3.05) is 7.05 Å². The SMILES string of the molecule is CN(Cc1cccc(C(=O)O)c1)C1CCC(C(C)(C)C)CC1. The lowest BCUT2D eigenvalue weighted by atomic mass is 9.71. The monoisotopic (exact) mass is 303 g/mol. The first-order chi connectivity index (χ1) is 10.3. The number of carboxylic acid groups (broad SMARTS) is 1. The summed E-state index contributed by atoms with van der Waals surface area (Å²) in [6.45, 7) is 7.86. The van der Waals surface area contributed by atoms with Gasteiger partial charge in [0.15, 0.2) is 0 Å². The average molecular weight is 303 g/mol. The topological polar surface area (TPSA) is 40.5 Å². The predicted octanol–water partition coefficient (Wildman–Crippen LogP) is 4.42. The summed E-state index contributed by atoms with van der Waals surface area (Å²) in [6, 6.07) is 7.92. The van der Waals surface area contributed by atoms with E-state index < -0.39 is 5.97 Å². The molecule has 1 saturated carbocycles. The van der Waals surface area contributed by atoms with Gasteiger partial charge in [0.05, 0.1) is 5.56 Å². The van der Waals surface area contributed by atoms with Gasteiger partial charge in [-0.2, -0.15) is 0 Å². The first-order valence-corrected chi connectivity index (χ1v) is 8.30. The van der Waals surface area contributed by atoms with E-state index in [1.54, 1.807) is 12.1 Å². The Labute approximate surface area is 134 Å². The van der Waals surface area contributed by atoms with Crippen LogP contribution in [-0.4, -0.2) is 29.1 Å². The van der Waals surface area contributed by atoms with Crippen LogP contribution in [0.5, 0.6) is 0 Å². The highest BCUT2D eigenvalue weighted by Crippen LogP contribution is 2.38. The number of aromatic carboxylic acids is 1. The Hall–Kier alpha value is -1.35. The average Bonchev–Trinajstić information content (AvgIpc) is 2.46. The second-order valence-corrected chi connectivity index (χ2v) is 7.79. The van der Waals surface area contributed by atoms with Crippen LogP contribution in [0.3, 0.4) is 0 Å². The Morgan fingerprint density at radius 2 is 1.86 bits per heavy atom. The van der Waals surface area contributed by atoms with Crippen LogP contribution in [0.4, 0.5) is 0 Å². The van der Waals surface area contributed by atoms with Crippen molar-refractivity contribution in [3.8, 4) is 0 Å². The second-order valence-electron chi connectivity index (χ2n) is 7.79. The van der Waals surface area contributed by atoms with Gasteiger partial charge in [-0.05, 0) is 61.8 Å². The first-order valence-electron chi connectivity index (χ1n) is 8.30. The van der Waals surface area contributed by atoms with Gasteiger partial charge >= 0.3 is 5.97 Å². The van der Waals surface area contributed by atoms with Gasteiger partial charge in [-0.3, -0.25) is 4.90 Å². The molecule has 2 rings (SSSR count). The van der Waals surface area contributed by atoms with E-state index in [-0.39, 0.29) is 0 Å². The van der Waals surface area contributed by atoms with Crippen LogP contribution < -0.4 is 0 Å². The molecule has 1 aromatic carbocycles. The normalized spacial score (nSPS) is 22.8. The number of carboxylic acids is 1. The van der Waals surface area contributed by atoms with E-state index >= 15 is 0 Å². The molecule has 0 atom stereocenters. The number of nitrogens with zero attached hydrogens (tertiary/aromatic N) is 1. The highest BCUT2D eigenvalue weighted by molar-refractivity contribution is 5.87. The zero-order chi connectivity index (χ0) is 16.3. The van der Waals surface area contributed by atoms with Crippen LogP contribution in [0, 0.1) is 11.3 Å². The fraction of sp³-hybridized carbons (Fsp3) is 0.632. The van der Waals surface area contributed by atoms with Crippen molar-refractivity contribution in [1.29, 1.82) is 0 Å². The van der Waals surface area contributed by atoms with Crippen molar-refractivity contribution < 1.29 is 9.90 Å². The summed E-state index contributed by atoms with van der Waals surface area (Å²) in [5, 5.41) is 9.08. The quantitative estimate of drug-likeness (QED) is 0.895. The summed E-state index contributed by atoms with van der Waals surface area (Å²) in [4.78, 5) is 13.4. The molecule has 0 saturated heterocycles. The molecule has 22 heavy (non-hydrogen) atoms. The van der Waals surface area contributed by atoms with Crippen LogP contribution in [-0.2, 0) is 6.54 Å². The van der Waals surface area contributed by atoms with Crippen molar-refractivity contribution in [3.05, 3.63) is 35.4 Å². The molecule has 3 heteroatoms. The molecule has 0 radical (unpaired) electrons. The van der Waals surface area contributed by atoms with Crippen LogP contribution in [0.1, 0.15) is 62.4 Å². The highest BCUT2D eigenvalue weighted by Gasteiger charge is 2.30. The van der Waals surface area contributed by atoms with Crippen LogP contribution in [0.15, 0.2) is 24.3 Å². The van der Waals surface area contributed by atoms with Crippen LogP contribution >= 0.6 is 0 Å². The molecule has 1 N–H and O–H groups in total. The minimum absolute atomic E-state index is 0.377. The maximum atomic E-state index is 11.1. The van der Waals surface area contributed by atoms with Gasteiger partial charge in [-0.25, -0.2) is 4.79 Å². The number of hydrogen-bond donors (Lipinski definition) is 1. The van der Waals surface area contributed by atoms with Crippen LogP contribution in [0.25, 0.3) is 0 Å². The lowest BCUT2D eigenvalue weighted by molar-refractivity contribution is 0.0696. The maximum Gasteiger partial charge on any atom is 0.335 e. The summed E-state index contributed by atoms with van der Waals surface area (Å²) in [5.41, 5.74) is 1.88. The minimum atomic E-state index is -0.852. The zero-order valence-corrected chi connectivity index (χ0v) is 14.3. The van der Waals surface area contributed by atoms with E-state index in [0.29, 0.717) is 17.0 Å². The van der Waals surface area contributed by atoms with E-state index in [0.717, 1.165) is 18.0 Å².